The lowest BCUT2D eigenvalue weighted by Gasteiger charge is -2.20. The van der Waals surface area contributed by atoms with Gasteiger partial charge in [0.15, 0.2) is 0 Å². The minimum Gasteiger partial charge on any atom is -0.310 e. The van der Waals surface area contributed by atoms with Gasteiger partial charge in [-0.2, -0.15) is 13.2 Å². The molecule has 4 heteroatoms. The van der Waals surface area contributed by atoms with Gasteiger partial charge in [0.1, 0.15) is 0 Å². The monoisotopic (exact) mass is 229 g/mol. The second kappa shape index (κ2) is 4.09. The molecular weight excluding hydrogens is 215 g/mol. The first-order chi connectivity index (χ1) is 7.50. The van der Waals surface area contributed by atoms with E-state index in [2.05, 4.69) is 5.32 Å². The number of hydrogen-bond acceptors (Lipinski definition) is 1. The number of hydrogen-bond donors (Lipinski definition) is 1. The van der Waals surface area contributed by atoms with E-state index in [1.54, 1.807) is 13.0 Å². The van der Waals surface area contributed by atoms with Crippen molar-refractivity contribution in [1.82, 2.24) is 5.32 Å². The molecule has 1 aliphatic heterocycles. The molecule has 0 saturated carbocycles. The van der Waals surface area contributed by atoms with Crippen LogP contribution in [-0.2, 0) is 6.18 Å². The number of rotatable bonds is 1. The van der Waals surface area contributed by atoms with Gasteiger partial charge in [0, 0.05) is 6.04 Å². The van der Waals surface area contributed by atoms with Crippen LogP contribution in [0.25, 0.3) is 0 Å². The van der Waals surface area contributed by atoms with Crippen LogP contribution in [0.5, 0.6) is 0 Å². The molecule has 0 radical (unpaired) electrons. The first-order valence-corrected chi connectivity index (χ1v) is 5.40. The summed E-state index contributed by atoms with van der Waals surface area (Å²) < 4.78 is 38.6. The summed E-state index contributed by atoms with van der Waals surface area (Å²) in [7, 11) is 0. The summed E-state index contributed by atoms with van der Waals surface area (Å²) in [5.41, 5.74) is 0.647. The number of halogens is 3. The first kappa shape index (κ1) is 11.5. The molecule has 1 unspecified atom stereocenters. The fourth-order valence-corrected chi connectivity index (χ4v) is 2.32. The van der Waals surface area contributed by atoms with Crippen molar-refractivity contribution in [3.63, 3.8) is 0 Å². The molecule has 88 valence electrons. The zero-order valence-electron chi connectivity index (χ0n) is 9.06. The largest absolute Gasteiger partial charge is 0.416 e. The second-order valence-corrected chi connectivity index (χ2v) is 4.18. The molecule has 1 aliphatic rings. The Balaban J connectivity index is 2.48. The molecule has 16 heavy (non-hydrogen) atoms. The second-order valence-electron chi connectivity index (χ2n) is 4.18. The molecule has 0 aliphatic carbocycles. The van der Waals surface area contributed by atoms with Gasteiger partial charge in [0.25, 0.3) is 0 Å². The van der Waals surface area contributed by atoms with Crippen LogP contribution in [0, 0.1) is 6.92 Å². The van der Waals surface area contributed by atoms with Crippen LogP contribution < -0.4 is 5.32 Å². The molecule has 1 nitrogen and oxygen atoms in total. The van der Waals surface area contributed by atoms with Crippen molar-refractivity contribution in [2.45, 2.75) is 32.0 Å². The van der Waals surface area contributed by atoms with E-state index in [0.717, 1.165) is 19.4 Å². The maximum Gasteiger partial charge on any atom is 0.416 e. The van der Waals surface area contributed by atoms with Crippen LogP contribution in [0.3, 0.4) is 0 Å². The van der Waals surface area contributed by atoms with E-state index in [9.17, 15) is 13.2 Å². The van der Waals surface area contributed by atoms with Crippen molar-refractivity contribution in [3.05, 3.63) is 34.9 Å². The molecule has 0 amide bonds. The Labute approximate surface area is 92.7 Å². The Hall–Kier alpha value is -1.03. The Morgan fingerprint density at radius 3 is 2.62 bits per heavy atom. The summed E-state index contributed by atoms with van der Waals surface area (Å²) in [5, 5.41) is 3.13. The Morgan fingerprint density at radius 1 is 1.31 bits per heavy atom. The lowest BCUT2D eigenvalue weighted by molar-refractivity contribution is -0.138. The van der Waals surface area contributed by atoms with Crippen LogP contribution in [0.2, 0.25) is 0 Å². The summed E-state index contributed by atoms with van der Waals surface area (Å²) in [6, 6.07) is 4.24. The normalized spacial score (nSPS) is 21.4. The third-order valence-corrected chi connectivity index (χ3v) is 3.04. The van der Waals surface area contributed by atoms with E-state index in [1.807, 2.05) is 0 Å². The minimum atomic E-state index is -4.26. The van der Waals surface area contributed by atoms with Gasteiger partial charge in [-0.25, -0.2) is 0 Å². The first-order valence-electron chi connectivity index (χ1n) is 5.40. The van der Waals surface area contributed by atoms with Crippen molar-refractivity contribution in [1.29, 1.82) is 0 Å². The highest BCUT2D eigenvalue weighted by Crippen LogP contribution is 2.38. The highest BCUT2D eigenvalue weighted by atomic mass is 19.4. The molecule has 1 heterocycles. The van der Waals surface area contributed by atoms with Gasteiger partial charge >= 0.3 is 6.18 Å². The predicted molar refractivity (Wildman–Crippen MR) is 56.2 cm³/mol. The summed E-state index contributed by atoms with van der Waals surface area (Å²) in [5.74, 6) is 0. The molecule has 1 N–H and O–H groups in total. The third-order valence-electron chi connectivity index (χ3n) is 3.04. The Kier molecular flexibility index (Phi) is 2.93. The van der Waals surface area contributed by atoms with Gasteiger partial charge in [-0.05, 0) is 43.5 Å². The van der Waals surface area contributed by atoms with Gasteiger partial charge in [-0.1, -0.05) is 12.1 Å². The van der Waals surface area contributed by atoms with Crippen molar-refractivity contribution in [2.75, 3.05) is 6.54 Å². The number of alkyl halides is 3. The average molecular weight is 229 g/mol. The number of aryl methyl sites for hydroxylation is 1. The van der Waals surface area contributed by atoms with Crippen LogP contribution in [0.15, 0.2) is 18.2 Å². The molecule has 1 aromatic carbocycles. The van der Waals surface area contributed by atoms with E-state index in [1.165, 1.54) is 12.1 Å². The SMILES string of the molecule is Cc1cccc(C(F)(F)F)c1C1CCCN1. The summed E-state index contributed by atoms with van der Waals surface area (Å²) >= 11 is 0. The van der Waals surface area contributed by atoms with Crippen molar-refractivity contribution in [2.24, 2.45) is 0 Å². The van der Waals surface area contributed by atoms with Crippen molar-refractivity contribution in [3.8, 4) is 0 Å². The van der Waals surface area contributed by atoms with Crippen LogP contribution in [-0.4, -0.2) is 6.54 Å². The highest BCUT2D eigenvalue weighted by Gasteiger charge is 2.36. The molecule has 0 bridgehead atoms. The number of benzene rings is 1. The molecule has 0 aromatic heterocycles. The molecular formula is C12H14F3N. The smallest absolute Gasteiger partial charge is 0.310 e. The van der Waals surface area contributed by atoms with Crippen molar-refractivity contribution >= 4 is 0 Å². The van der Waals surface area contributed by atoms with Crippen LogP contribution in [0.1, 0.15) is 35.6 Å². The fourth-order valence-electron chi connectivity index (χ4n) is 2.32. The molecule has 2 rings (SSSR count). The number of nitrogens with one attached hydrogen (secondary N) is 1. The summed E-state index contributed by atoms with van der Waals surface area (Å²) in [4.78, 5) is 0. The van der Waals surface area contributed by atoms with Crippen LogP contribution >= 0.6 is 0 Å². The minimum absolute atomic E-state index is 0.141. The van der Waals surface area contributed by atoms with Crippen molar-refractivity contribution < 1.29 is 13.2 Å². The molecule has 1 atom stereocenters. The van der Waals surface area contributed by atoms with Gasteiger partial charge in [0.2, 0.25) is 0 Å². The maximum atomic E-state index is 12.9. The molecule has 1 fully saturated rings. The quantitative estimate of drug-likeness (QED) is 0.777. The molecule has 1 saturated heterocycles. The zero-order chi connectivity index (χ0) is 11.8. The maximum absolute atomic E-state index is 12.9. The van der Waals surface area contributed by atoms with Gasteiger partial charge in [0.05, 0.1) is 5.56 Å². The van der Waals surface area contributed by atoms with Gasteiger partial charge in [-0.15, -0.1) is 0 Å². The van der Waals surface area contributed by atoms with E-state index >= 15 is 0 Å². The van der Waals surface area contributed by atoms with E-state index in [-0.39, 0.29) is 6.04 Å². The van der Waals surface area contributed by atoms with E-state index < -0.39 is 11.7 Å². The molecule has 1 aromatic rings. The third kappa shape index (κ3) is 2.07. The standard InChI is InChI=1S/C12H14F3N/c1-8-4-2-5-9(12(13,14)15)11(8)10-6-3-7-16-10/h2,4-5,10,16H,3,6-7H2,1H3. The molecule has 0 spiro atoms. The fraction of sp³-hybridized carbons (Fsp3) is 0.500. The summed E-state index contributed by atoms with van der Waals surface area (Å²) in [6.45, 7) is 2.54. The lowest BCUT2D eigenvalue weighted by atomic mass is 9.94. The highest BCUT2D eigenvalue weighted by molar-refractivity contribution is 5.39. The Bertz CT molecular complexity index is 378. The predicted octanol–water partition coefficient (Wildman–Crippen LogP) is 3.44. The van der Waals surface area contributed by atoms with E-state index in [0.29, 0.717) is 11.1 Å². The van der Waals surface area contributed by atoms with Crippen LogP contribution in [0.4, 0.5) is 13.2 Å². The van der Waals surface area contributed by atoms with E-state index in [4.69, 9.17) is 0 Å². The topological polar surface area (TPSA) is 12.0 Å². The lowest BCUT2D eigenvalue weighted by Crippen LogP contribution is -2.19. The zero-order valence-corrected chi connectivity index (χ0v) is 9.06. The average Bonchev–Trinajstić information content (AvgIpc) is 2.68. The van der Waals surface area contributed by atoms with Gasteiger partial charge < -0.3 is 5.32 Å². The Morgan fingerprint density at radius 2 is 2.06 bits per heavy atom. The summed E-state index contributed by atoms with van der Waals surface area (Å²) in [6.07, 6.45) is -2.53. The van der Waals surface area contributed by atoms with Gasteiger partial charge in [-0.3, -0.25) is 0 Å².